The summed E-state index contributed by atoms with van der Waals surface area (Å²) in [4.78, 5) is 10.8. The van der Waals surface area contributed by atoms with Gasteiger partial charge in [-0.1, -0.05) is 26.0 Å². The number of hydrogen-bond acceptors (Lipinski definition) is 3. The van der Waals surface area contributed by atoms with Crippen molar-refractivity contribution in [3.63, 3.8) is 0 Å². The lowest BCUT2D eigenvalue weighted by atomic mass is 9.98. The summed E-state index contributed by atoms with van der Waals surface area (Å²) in [6.07, 6.45) is 0.920. The summed E-state index contributed by atoms with van der Waals surface area (Å²) in [6.45, 7) is 5.66. The van der Waals surface area contributed by atoms with E-state index < -0.39 is 0 Å². The molecule has 1 aromatic rings. The molecule has 0 radical (unpaired) electrons. The normalized spacial score (nSPS) is 12.6. The Morgan fingerprint density at radius 2 is 2.12 bits per heavy atom. The molecular weight excluding hydrogens is 202 g/mol. The van der Waals surface area contributed by atoms with Crippen LogP contribution in [0.4, 0.5) is 0 Å². The monoisotopic (exact) mass is 221 g/mol. The van der Waals surface area contributed by atoms with E-state index in [1.807, 2.05) is 18.2 Å². The molecule has 16 heavy (non-hydrogen) atoms. The highest BCUT2D eigenvalue weighted by Crippen LogP contribution is 2.22. The van der Waals surface area contributed by atoms with Gasteiger partial charge >= 0.3 is 5.97 Å². The largest absolute Gasteiger partial charge is 0.427 e. The van der Waals surface area contributed by atoms with Crippen LogP contribution < -0.4 is 10.5 Å². The van der Waals surface area contributed by atoms with Gasteiger partial charge in [-0.3, -0.25) is 4.79 Å². The first kappa shape index (κ1) is 12.7. The molecule has 0 bridgehead atoms. The number of nitrogens with two attached hydrogens (primary N) is 1. The fraction of sp³-hybridized carbons (Fsp3) is 0.462. The van der Waals surface area contributed by atoms with Crippen LogP contribution in [0.15, 0.2) is 24.3 Å². The maximum atomic E-state index is 10.8. The van der Waals surface area contributed by atoms with E-state index in [0.717, 1.165) is 12.0 Å². The molecule has 0 aliphatic rings. The molecule has 1 rings (SSSR count). The van der Waals surface area contributed by atoms with Crippen molar-refractivity contribution in [1.29, 1.82) is 0 Å². The molecule has 1 atom stereocenters. The van der Waals surface area contributed by atoms with E-state index in [-0.39, 0.29) is 12.0 Å². The lowest BCUT2D eigenvalue weighted by molar-refractivity contribution is -0.131. The van der Waals surface area contributed by atoms with Crippen molar-refractivity contribution >= 4 is 5.97 Å². The molecule has 0 fully saturated rings. The third kappa shape index (κ3) is 4.03. The maximum absolute atomic E-state index is 10.8. The van der Waals surface area contributed by atoms with E-state index in [0.29, 0.717) is 11.7 Å². The molecule has 0 aliphatic heterocycles. The second kappa shape index (κ2) is 5.66. The van der Waals surface area contributed by atoms with Gasteiger partial charge in [-0.25, -0.2) is 0 Å². The zero-order chi connectivity index (χ0) is 12.1. The van der Waals surface area contributed by atoms with Crippen molar-refractivity contribution in [3.05, 3.63) is 29.8 Å². The van der Waals surface area contributed by atoms with Gasteiger partial charge in [-0.2, -0.15) is 0 Å². The third-order valence-corrected chi connectivity index (χ3v) is 2.27. The Labute approximate surface area is 96.6 Å². The zero-order valence-electron chi connectivity index (χ0n) is 10.1. The Hall–Kier alpha value is -1.35. The topological polar surface area (TPSA) is 52.3 Å². The second-order valence-electron chi connectivity index (χ2n) is 4.40. The van der Waals surface area contributed by atoms with Crippen LogP contribution in [0.3, 0.4) is 0 Å². The van der Waals surface area contributed by atoms with Gasteiger partial charge in [0.15, 0.2) is 0 Å². The number of carbonyl (C=O) groups is 1. The van der Waals surface area contributed by atoms with E-state index in [2.05, 4.69) is 13.8 Å². The Kier molecular flexibility index (Phi) is 4.50. The molecule has 88 valence electrons. The Bertz CT molecular complexity index is 361. The average molecular weight is 221 g/mol. The maximum Gasteiger partial charge on any atom is 0.308 e. The van der Waals surface area contributed by atoms with Gasteiger partial charge in [0.1, 0.15) is 5.75 Å². The SMILES string of the molecule is CC(=O)Oc1cccc([C@H](N)CC(C)C)c1. The average Bonchev–Trinajstić information content (AvgIpc) is 2.16. The summed E-state index contributed by atoms with van der Waals surface area (Å²) < 4.78 is 5.02. The van der Waals surface area contributed by atoms with E-state index >= 15 is 0 Å². The van der Waals surface area contributed by atoms with Crippen molar-refractivity contribution in [1.82, 2.24) is 0 Å². The first-order valence-corrected chi connectivity index (χ1v) is 5.53. The van der Waals surface area contributed by atoms with Crippen LogP contribution in [0.1, 0.15) is 38.8 Å². The summed E-state index contributed by atoms with van der Waals surface area (Å²) in [5, 5.41) is 0. The van der Waals surface area contributed by atoms with Crippen molar-refractivity contribution in [3.8, 4) is 5.75 Å². The molecule has 0 unspecified atom stereocenters. The minimum absolute atomic E-state index is 0.00416. The highest BCUT2D eigenvalue weighted by atomic mass is 16.5. The van der Waals surface area contributed by atoms with Crippen molar-refractivity contribution < 1.29 is 9.53 Å². The summed E-state index contributed by atoms with van der Waals surface area (Å²) in [6, 6.07) is 7.39. The molecule has 2 N–H and O–H groups in total. The van der Waals surface area contributed by atoms with Crippen LogP contribution in [0.5, 0.6) is 5.75 Å². The summed E-state index contributed by atoms with van der Waals surface area (Å²) in [7, 11) is 0. The summed E-state index contributed by atoms with van der Waals surface area (Å²) in [5.74, 6) is 0.797. The smallest absolute Gasteiger partial charge is 0.308 e. The van der Waals surface area contributed by atoms with Gasteiger partial charge < -0.3 is 10.5 Å². The van der Waals surface area contributed by atoms with Gasteiger partial charge in [0.05, 0.1) is 0 Å². The summed E-state index contributed by atoms with van der Waals surface area (Å²) >= 11 is 0. The van der Waals surface area contributed by atoms with Crippen LogP contribution in [-0.2, 0) is 4.79 Å². The number of hydrogen-bond donors (Lipinski definition) is 1. The van der Waals surface area contributed by atoms with Gasteiger partial charge in [-0.05, 0) is 30.0 Å². The van der Waals surface area contributed by atoms with Crippen LogP contribution in [0.25, 0.3) is 0 Å². The molecule has 1 aromatic carbocycles. The highest BCUT2D eigenvalue weighted by molar-refractivity contribution is 5.69. The molecule has 0 aromatic heterocycles. The number of carbonyl (C=O) groups excluding carboxylic acids is 1. The minimum atomic E-state index is -0.311. The number of ether oxygens (including phenoxy) is 1. The second-order valence-corrected chi connectivity index (χ2v) is 4.40. The first-order chi connectivity index (χ1) is 7.49. The van der Waals surface area contributed by atoms with E-state index in [1.165, 1.54) is 6.92 Å². The number of esters is 1. The third-order valence-electron chi connectivity index (χ3n) is 2.27. The molecule has 3 heteroatoms. The van der Waals surface area contributed by atoms with Gasteiger partial charge in [0, 0.05) is 13.0 Å². The first-order valence-electron chi connectivity index (χ1n) is 5.53. The van der Waals surface area contributed by atoms with Gasteiger partial charge in [0.25, 0.3) is 0 Å². The molecular formula is C13H19NO2. The van der Waals surface area contributed by atoms with Crippen LogP contribution in [0.2, 0.25) is 0 Å². The van der Waals surface area contributed by atoms with E-state index in [4.69, 9.17) is 10.5 Å². The van der Waals surface area contributed by atoms with E-state index in [1.54, 1.807) is 6.07 Å². The number of benzene rings is 1. The standard InChI is InChI=1S/C13H19NO2/c1-9(2)7-13(14)11-5-4-6-12(8-11)16-10(3)15/h4-6,8-9,13H,7,14H2,1-3H3/t13-/m1/s1. The fourth-order valence-electron chi connectivity index (χ4n) is 1.62. The molecule has 0 saturated heterocycles. The quantitative estimate of drug-likeness (QED) is 0.628. The molecule has 0 heterocycles. The molecule has 0 amide bonds. The lowest BCUT2D eigenvalue weighted by Crippen LogP contribution is -2.13. The van der Waals surface area contributed by atoms with Crippen LogP contribution >= 0.6 is 0 Å². The van der Waals surface area contributed by atoms with Crippen LogP contribution in [0, 0.1) is 5.92 Å². The number of rotatable bonds is 4. The Morgan fingerprint density at radius 1 is 1.44 bits per heavy atom. The van der Waals surface area contributed by atoms with E-state index in [9.17, 15) is 4.79 Å². The van der Waals surface area contributed by atoms with Crippen molar-refractivity contribution in [2.24, 2.45) is 11.7 Å². The van der Waals surface area contributed by atoms with Crippen molar-refractivity contribution in [2.75, 3.05) is 0 Å². The van der Waals surface area contributed by atoms with Gasteiger partial charge in [-0.15, -0.1) is 0 Å². The highest BCUT2D eigenvalue weighted by Gasteiger charge is 2.09. The Morgan fingerprint density at radius 3 is 2.69 bits per heavy atom. The predicted molar refractivity (Wildman–Crippen MR) is 64.1 cm³/mol. The summed E-state index contributed by atoms with van der Waals surface area (Å²) in [5.41, 5.74) is 7.06. The Balaban J connectivity index is 2.77. The predicted octanol–water partition coefficient (Wildman–Crippen LogP) is 2.66. The molecule has 3 nitrogen and oxygen atoms in total. The molecule has 0 saturated carbocycles. The minimum Gasteiger partial charge on any atom is -0.427 e. The lowest BCUT2D eigenvalue weighted by Gasteiger charge is -2.15. The van der Waals surface area contributed by atoms with Gasteiger partial charge in [0.2, 0.25) is 0 Å². The fourth-order valence-corrected chi connectivity index (χ4v) is 1.62. The van der Waals surface area contributed by atoms with Crippen molar-refractivity contribution in [2.45, 2.75) is 33.2 Å². The zero-order valence-corrected chi connectivity index (χ0v) is 10.1. The molecule has 0 spiro atoms. The molecule has 0 aliphatic carbocycles. The van der Waals surface area contributed by atoms with Crippen LogP contribution in [-0.4, -0.2) is 5.97 Å².